The van der Waals surface area contributed by atoms with Crippen LogP contribution < -0.4 is 20.1 Å². The van der Waals surface area contributed by atoms with Gasteiger partial charge in [-0.15, -0.1) is 24.8 Å². The molecule has 28 heavy (non-hydrogen) atoms. The van der Waals surface area contributed by atoms with Crippen molar-refractivity contribution in [1.82, 2.24) is 10.3 Å². The number of hydrogen-bond acceptors (Lipinski definition) is 6. The smallest absolute Gasteiger partial charge is 0.226 e. The van der Waals surface area contributed by atoms with Gasteiger partial charge >= 0.3 is 0 Å². The number of methoxy groups -OCH3 is 1. The van der Waals surface area contributed by atoms with Crippen molar-refractivity contribution in [2.75, 3.05) is 32.2 Å². The first-order valence-corrected chi connectivity index (χ1v) is 8.55. The molecule has 154 valence electrons. The number of nitrogens with one attached hydrogen (secondary N) is 2. The number of hydrogen-bond donors (Lipinski definition) is 2. The molecule has 1 saturated heterocycles. The van der Waals surface area contributed by atoms with Crippen LogP contribution in [0.15, 0.2) is 42.7 Å². The van der Waals surface area contributed by atoms with Gasteiger partial charge in [0.15, 0.2) is 11.5 Å². The van der Waals surface area contributed by atoms with E-state index >= 15 is 0 Å². The highest BCUT2D eigenvalue weighted by molar-refractivity contribution is 5.91. The number of benzene rings is 1. The quantitative estimate of drug-likeness (QED) is 0.703. The molecule has 3 rings (SSSR count). The van der Waals surface area contributed by atoms with Crippen molar-refractivity contribution >= 4 is 36.4 Å². The summed E-state index contributed by atoms with van der Waals surface area (Å²) >= 11 is 0. The van der Waals surface area contributed by atoms with E-state index in [1.807, 2.05) is 12.1 Å². The minimum Gasteiger partial charge on any atom is -0.493 e. The van der Waals surface area contributed by atoms with Crippen molar-refractivity contribution in [2.24, 2.45) is 0 Å². The highest BCUT2D eigenvalue weighted by Gasteiger charge is 2.17. The third kappa shape index (κ3) is 7.16. The number of aromatic nitrogens is 1. The van der Waals surface area contributed by atoms with Gasteiger partial charge in [-0.2, -0.15) is 0 Å². The highest BCUT2D eigenvalue weighted by Crippen LogP contribution is 2.31. The van der Waals surface area contributed by atoms with Gasteiger partial charge in [0.05, 0.1) is 20.3 Å². The molecule has 2 heterocycles. The van der Waals surface area contributed by atoms with Crippen LogP contribution in [0.5, 0.6) is 11.5 Å². The number of halogens is 2. The zero-order chi connectivity index (χ0) is 18.2. The van der Waals surface area contributed by atoms with Gasteiger partial charge in [0.1, 0.15) is 6.61 Å². The summed E-state index contributed by atoms with van der Waals surface area (Å²) in [5, 5.41) is 6.17. The third-order valence-electron chi connectivity index (χ3n) is 4.02. The standard InChI is InChI=1S/C19H23N3O4.2ClH/c1-24-17-3-2-15(22-19(23)11-16-13-25-9-8-21-16)10-18(17)26-12-14-4-6-20-7-5-14;;/h2-7,10,16,21H,8-9,11-13H2,1H3,(H,22,23);2*1H. The van der Waals surface area contributed by atoms with Gasteiger partial charge in [-0.3, -0.25) is 9.78 Å². The number of pyridine rings is 1. The molecule has 1 fully saturated rings. The number of ether oxygens (including phenoxy) is 3. The van der Waals surface area contributed by atoms with E-state index in [0.717, 1.165) is 12.1 Å². The highest BCUT2D eigenvalue weighted by atomic mass is 35.5. The van der Waals surface area contributed by atoms with Crippen molar-refractivity contribution in [3.63, 3.8) is 0 Å². The largest absolute Gasteiger partial charge is 0.493 e. The van der Waals surface area contributed by atoms with Crippen LogP contribution in [-0.2, 0) is 16.1 Å². The average Bonchev–Trinajstić information content (AvgIpc) is 2.68. The summed E-state index contributed by atoms with van der Waals surface area (Å²) in [5.74, 6) is 1.11. The molecule has 2 N–H and O–H groups in total. The Morgan fingerprint density at radius 3 is 2.71 bits per heavy atom. The molecule has 1 unspecified atom stereocenters. The minimum absolute atomic E-state index is 0. The zero-order valence-corrected chi connectivity index (χ0v) is 17.2. The summed E-state index contributed by atoms with van der Waals surface area (Å²) < 4.78 is 16.6. The Morgan fingerprint density at radius 1 is 1.25 bits per heavy atom. The SMILES string of the molecule is COc1ccc(NC(=O)CC2COCCN2)cc1OCc1ccncc1.Cl.Cl. The van der Waals surface area contributed by atoms with Gasteiger partial charge < -0.3 is 24.8 Å². The van der Waals surface area contributed by atoms with E-state index in [1.54, 1.807) is 37.7 Å². The Balaban J connectivity index is 0.00000196. The monoisotopic (exact) mass is 429 g/mol. The summed E-state index contributed by atoms with van der Waals surface area (Å²) in [6.45, 7) is 2.40. The lowest BCUT2D eigenvalue weighted by Crippen LogP contribution is -2.43. The van der Waals surface area contributed by atoms with Crippen LogP contribution in [0.1, 0.15) is 12.0 Å². The number of carbonyl (C=O) groups excluding carboxylic acids is 1. The van der Waals surface area contributed by atoms with E-state index in [0.29, 0.717) is 43.4 Å². The van der Waals surface area contributed by atoms with Gasteiger partial charge in [0, 0.05) is 43.2 Å². The Bertz CT molecular complexity index is 728. The van der Waals surface area contributed by atoms with Crippen molar-refractivity contribution in [3.8, 4) is 11.5 Å². The molecule has 1 atom stereocenters. The van der Waals surface area contributed by atoms with Crippen molar-refractivity contribution in [2.45, 2.75) is 19.1 Å². The van der Waals surface area contributed by atoms with Gasteiger partial charge in [0.2, 0.25) is 5.91 Å². The molecule has 0 saturated carbocycles. The molecule has 1 aliphatic rings. The second kappa shape index (κ2) is 12.4. The zero-order valence-electron chi connectivity index (χ0n) is 15.6. The van der Waals surface area contributed by atoms with E-state index in [1.165, 1.54) is 0 Å². The summed E-state index contributed by atoms with van der Waals surface area (Å²) in [6, 6.07) is 9.15. The molecule has 0 bridgehead atoms. The predicted octanol–water partition coefficient (Wildman–Crippen LogP) is 2.83. The maximum Gasteiger partial charge on any atom is 0.226 e. The van der Waals surface area contributed by atoms with Crippen molar-refractivity contribution in [1.29, 1.82) is 0 Å². The second-order valence-corrected chi connectivity index (χ2v) is 5.99. The van der Waals surface area contributed by atoms with Gasteiger partial charge in [-0.05, 0) is 29.8 Å². The van der Waals surface area contributed by atoms with Crippen molar-refractivity contribution < 1.29 is 19.0 Å². The molecule has 1 aliphatic heterocycles. The maximum absolute atomic E-state index is 12.2. The molecule has 9 heteroatoms. The summed E-state index contributed by atoms with van der Waals surface area (Å²) in [6.07, 6.45) is 3.80. The molecule has 1 amide bonds. The molecule has 1 aromatic heterocycles. The fourth-order valence-electron chi connectivity index (χ4n) is 2.69. The fourth-order valence-corrected chi connectivity index (χ4v) is 2.69. The third-order valence-corrected chi connectivity index (χ3v) is 4.02. The molecule has 7 nitrogen and oxygen atoms in total. The lowest BCUT2D eigenvalue weighted by atomic mass is 10.2. The first-order chi connectivity index (χ1) is 12.7. The van der Waals surface area contributed by atoms with Crippen molar-refractivity contribution in [3.05, 3.63) is 48.3 Å². The van der Waals surface area contributed by atoms with E-state index < -0.39 is 0 Å². The molecular weight excluding hydrogens is 405 g/mol. The maximum atomic E-state index is 12.2. The summed E-state index contributed by atoms with van der Waals surface area (Å²) in [4.78, 5) is 16.2. The number of morpholine rings is 1. The van der Waals surface area contributed by atoms with Crippen LogP contribution in [-0.4, -0.2) is 43.8 Å². The number of amides is 1. The molecule has 1 aromatic carbocycles. The van der Waals surface area contributed by atoms with Crippen LogP contribution in [0, 0.1) is 0 Å². The van der Waals surface area contributed by atoms with Gasteiger partial charge in [-0.25, -0.2) is 0 Å². The summed E-state index contributed by atoms with van der Waals surface area (Å²) in [5.41, 5.74) is 1.66. The number of anilines is 1. The molecule has 0 radical (unpaired) electrons. The van der Waals surface area contributed by atoms with E-state index in [2.05, 4.69) is 15.6 Å². The minimum atomic E-state index is -0.0711. The molecule has 0 aliphatic carbocycles. The number of rotatable bonds is 7. The first kappa shape index (κ1) is 24.0. The van der Waals surface area contributed by atoms with E-state index in [9.17, 15) is 4.79 Å². The fraction of sp³-hybridized carbons (Fsp3) is 0.368. The van der Waals surface area contributed by atoms with Crippen LogP contribution >= 0.6 is 24.8 Å². The number of carbonyl (C=O) groups is 1. The summed E-state index contributed by atoms with van der Waals surface area (Å²) in [7, 11) is 1.58. The van der Waals surface area contributed by atoms with E-state index in [4.69, 9.17) is 14.2 Å². The average molecular weight is 430 g/mol. The van der Waals surface area contributed by atoms with Crippen LogP contribution in [0.4, 0.5) is 5.69 Å². The predicted molar refractivity (Wildman–Crippen MR) is 112 cm³/mol. The number of nitrogens with zero attached hydrogens (tertiary/aromatic N) is 1. The lowest BCUT2D eigenvalue weighted by molar-refractivity contribution is -0.117. The molecule has 0 spiro atoms. The van der Waals surface area contributed by atoms with Gasteiger partial charge in [-0.1, -0.05) is 0 Å². The van der Waals surface area contributed by atoms with Crippen LogP contribution in [0.3, 0.4) is 0 Å². The molecular formula is C19H25Cl2N3O4. The van der Waals surface area contributed by atoms with Crippen LogP contribution in [0.2, 0.25) is 0 Å². The van der Waals surface area contributed by atoms with Gasteiger partial charge in [0.25, 0.3) is 0 Å². The Kier molecular flexibility index (Phi) is 10.6. The topological polar surface area (TPSA) is 81.7 Å². The molecule has 2 aromatic rings. The Hall–Kier alpha value is -2.06. The second-order valence-electron chi connectivity index (χ2n) is 5.99. The van der Waals surface area contributed by atoms with Crippen LogP contribution in [0.25, 0.3) is 0 Å². The first-order valence-electron chi connectivity index (χ1n) is 8.55. The lowest BCUT2D eigenvalue weighted by Gasteiger charge is -2.23. The Labute approximate surface area is 177 Å². The normalized spacial score (nSPS) is 15.5. The van der Waals surface area contributed by atoms with E-state index in [-0.39, 0.29) is 36.8 Å². The Morgan fingerprint density at radius 2 is 2.04 bits per heavy atom.